The lowest BCUT2D eigenvalue weighted by atomic mass is 10.2. The zero-order valence-electron chi connectivity index (χ0n) is 10.2. The number of aryl methyl sites for hydroxylation is 1. The molecular weight excluding hydrogens is 266 g/mol. The number of halogens is 1. The van der Waals surface area contributed by atoms with Gasteiger partial charge in [-0.1, -0.05) is 25.5 Å². The van der Waals surface area contributed by atoms with Gasteiger partial charge in [-0.05, 0) is 47.8 Å². The molecule has 0 spiro atoms. The molecule has 1 rings (SSSR count). The van der Waals surface area contributed by atoms with Crippen LogP contribution in [0.25, 0.3) is 0 Å². The first-order chi connectivity index (χ1) is 7.65. The molecule has 0 aromatic heterocycles. The van der Waals surface area contributed by atoms with E-state index in [0.717, 1.165) is 23.2 Å². The van der Waals surface area contributed by atoms with Crippen molar-refractivity contribution in [1.82, 2.24) is 0 Å². The monoisotopic (exact) mass is 285 g/mol. The Kier molecular flexibility index (Phi) is 5.85. The van der Waals surface area contributed by atoms with Crippen LogP contribution < -0.4 is 5.32 Å². The summed E-state index contributed by atoms with van der Waals surface area (Å²) >= 11 is 3.54. The molecule has 16 heavy (non-hydrogen) atoms. The van der Waals surface area contributed by atoms with Gasteiger partial charge in [0.05, 0.1) is 5.69 Å². The van der Waals surface area contributed by atoms with Crippen LogP contribution in [0.1, 0.15) is 32.3 Å². The summed E-state index contributed by atoms with van der Waals surface area (Å²) < 4.78 is 6.75. The molecule has 2 nitrogen and oxygen atoms in total. The first-order valence-corrected chi connectivity index (χ1v) is 6.57. The molecule has 1 aromatic rings. The quantitative estimate of drug-likeness (QED) is 0.620. The molecule has 1 aromatic carbocycles. The molecule has 0 saturated heterocycles. The summed E-state index contributed by atoms with van der Waals surface area (Å²) in [6.07, 6.45) is 2.32. The second kappa shape index (κ2) is 6.92. The van der Waals surface area contributed by atoms with Crippen LogP contribution in [-0.2, 0) is 4.74 Å². The molecule has 0 bridgehead atoms. The smallest absolute Gasteiger partial charge is 0.124 e. The van der Waals surface area contributed by atoms with Gasteiger partial charge in [-0.2, -0.15) is 0 Å². The van der Waals surface area contributed by atoms with E-state index in [0.29, 0.717) is 0 Å². The molecule has 0 heterocycles. The maximum Gasteiger partial charge on any atom is 0.124 e. The average Bonchev–Trinajstić information content (AvgIpc) is 2.24. The Morgan fingerprint density at radius 2 is 2.19 bits per heavy atom. The lowest BCUT2D eigenvalue weighted by Crippen LogP contribution is -2.20. The van der Waals surface area contributed by atoms with Gasteiger partial charge >= 0.3 is 0 Å². The molecule has 0 aliphatic heterocycles. The van der Waals surface area contributed by atoms with Gasteiger partial charge in [0.25, 0.3) is 0 Å². The van der Waals surface area contributed by atoms with Gasteiger partial charge in [-0.25, -0.2) is 0 Å². The predicted octanol–water partition coefficient (Wildman–Crippen LogP) is 4.33. The molecule has 0 saturated carbocycles. The predicted molar refractivity (Wildman–Crippen MR) is 72.8 cm³/mol. The van der Waals surface area contributed by atoms with E-state index in [9.17, 15) is 0 Å². The average molecular weight is 286 g/mol. The van der Waals surface area contributed by atoms with Gasteiger partial charge in [0.1, 0.15) is 6.23 Å². The van der Waals surface area contributed by atoms with Crippen LogP contribution in [0.3, 0.4) is 0 Å². The lowest BCUT2D eigenvalue weighted by molar-refractivity contribution is 0.0824. The highest BCUT2D eigenvalue weighted by Gasteiger charge is 2.06. The highest BCUT2D eigenvalue weighted by Crippen LogP contribution is 2.26. The van der Waals surface area contributed by atoms with Gasteiger partial charge < -0.3 is 10.1 Å². The number of benzene rings is 1. The van der Waals surface area contributed by atoms with E-state index in [-0.39, 0.29) is 6.23 Å². The molecule has 1 N–H and O–H groups in total. The Bertz CT molecular complexity index is 307. The number of para-hydroxylation sites is 1. The number of rotatable bonds is 6. The van der Waals surface area contributed by atoms with Crippen molar-refractivity contribution in [2.75, 3.05) is 11.9 Å². The number of hydrogen-bond donors (Lipinski definition) is 1. The highest BCUT2D eigenvalue weighted by molar-refractivity contribution is 9.10. The van der Waals surface area contributed by atoms with E-state index in [4.69, 9.17) is 4.74 Å². The summed E-state index contributed by atoms with van der Waals surface area (Å²) in [4.78, 5) is 0. The first kappa shape index (κ1) is 13.5. The van der Waals surface area contributed by atoms with Crippen molar-refractivity contribution in [3.05, 3.63) is 28.2 Å². The van der Waals surface area contributed by atoms with Crippen LogP contribution in [-0.4, -0.2) is 12.8 Å². The van der Waals surface area contributed by atoms with E-state index in [1.54, 1.807) is 0 Å². The van der Waals surface area contributed by atoms with Crippen LogP contribution in [0.15, 0.2) is 22.7 Å². The van der Waals surface area contributed by atoms with E-state index in [1.165, 1.54) is 12.0 Å². The Labute approximate surface area is 107 Å². The van der Waals surface area contributed by atoms with E-state index in [1.807, 2.05) is 19.1 Å². The molecular formula is C13H20BrNO. The van der Waals surface area contributed by atoms with Crippen molar-refractivity contribution in [3.63, 3.8) is 0 Å². The minimum atomic E-state index is 0.0453. The number of hydrogen-bond acceptors (Lipinski definition) is 2. The van der Waals surface area contributed by atoms with Crippen molar-refractivity contribution in [2.24, 2.45) is 0 Å². The van der Waals surface area contributed by atoms with Crippen LogP contribution in [0.4, 0.5) is 5.69 Å². The third-order valence-corrected chi connectivity index (χ3v) is 3.10. The lowest BCUT2D eigenvalue weighted by Gasteiger charge is -2.18. The second-order valence-corrected chi connectivity index (χ2v) is 4.80. The zero-order chi connectivity index (χ0) is 12.0. The van der Waals surface area contributed by atoms with Gasteiger partial charge in [0.2, 0.25) is 0 Å². The fourth-order valence-electron chi connectivity index (χ4n) is 1.46. The topological polar surface area (TPSA) is 21.3 Å². The highest BCUT2D eigenvalue weighted by atomic mass is 79.9. The number of ether oxygens (including phenoxy) is 1. The maximum absolute atomic E-state index is 5.66. The van der Waals surface area contributed by atoms with Crippen LogP contribution in [0.5, 0.6) is 0 Å². The van der Waals surface area contributed by atoms with Crippen molar-refractivity contribution in [1.29, 1.82) is 0 Å². The molecule has 0 radical (unpaired) electrons. The molecule has 1 atom stereocenters. The van der Waals surface area contributed by atoms with Gasteiger partial charge in [-0.15, -0.1) is 0 Å². The standard InChI is InChI=1S/C13H20BrNO/c1-4-5-9-16-11(3)15-13-10(2)7-6-8-12(13)14/h6-8,11,15H,4-5,9H2,1-3H3. The zero-order valence-corrected chi connectivity index (χ0v) is 11.8. The Morgan fingerprint density at radius 1 is 1.44 bits per heavy atom. The van der Waals surface area contributed by atoms with E-state index in [2.05, 4.69) is 41.2 Å². The second-order valence-electron chi connectivity index (χ2n) is 3.94. The number of unbranched alkanes of at least 4 members (excludes halogenated alkanes) is 1. The molecule has 90 valence electrons. The Morgan fingerprint density at radius 3 is 2.81 bits per heavy atom. The number of anilines is 1. The molecule has 1 unspecified atom stereocenters. The maximum atomic E-state index is 5.66. The van der Waals surface area contributed by atoms with E-state index < -0.39 is 0 Å². The van der Waals surface area contributed by atoms with Crippen molar-refractivity contribution < 1.29 is 4.74 Å². The minimum absolute atomic E-state index is 0.0453. The Hall–Kier alpha value is -0.540. The first-order valence-electron chi connectivity index (χ1n) is 5.78. The summed E-state index contributed by atoms with van der Waals surface area (Å²) in [5.74, 6) is 0. The SMILES string of the molecule is CCCCOC(C)Nc1c(C)cccc1Br. The summed E-state index contributed by atoms with van der Waals surface area (Å²) in [6, 6.07) is 6.16. The van der Waals surface area contributed by atoms with Crippen molar-refractivity contribution >= 4 is 21.6 Å². The summed E-state index contributed by atoms with van der Waals surface area (Å²) in [7, 11) is 0. The largest absolute Gasteiger partial charge is 0.359 e. The van der Waals surface area contributed by atoms with Crippen LogP contribution >= 0.6 is 15.9 Å². The fourth-order valence-corrected chi connectivity index (χ4v) is 2.04. The molecule has 0 amide bonds. The third-order valence-electron chi connectivity index (χ3n) is 2.44. The minimum Gasteiger partial charge on any atom is -0.359 e. The van der Waals surface area contributed by atoms with Crippen molar-refractivity contribution in [2.45, 2.75) is 39.8 Å². The van der Waals surface area contributed by atoms with Crippen LogP contribution in [0.2, 0.25) is 0 Å². The fraction of sp³-hybridized carbons (Fsp3) is 0.538. The van der Waals surface area contributed by atoms with Crippen molar-refractivity contribution in [3.8, 4) is 0 Å². The number of nitrogens with one attached hydrogen (secondary N) is 1. The Balaban J connectivity index is 2.52. The van der Waals surface area contributed by atoms with Gasteiger partial charge in [0.15, 0.2) is 0 Å². The summed E-state index contributed by atoms with van der Waals surface area (Å²) in [5.41, 5.74) is 2.34. The van der Waals surface area contributed by atoms with Gasteiger partial charge in [-0.3, -0.25) is 0 Å². The third kappa shape index (κ3) is 4.14. The van der Waals surface area contributed by atoms with E-state index >= 15 is 0 Å². The molecule has 3 heteroatoms. The summed E-state index contributed by atoms with van der Waals surface area (Å²) in [6.45, 7) is 7.11. The molecule has 0 fully saturated rings. The molecule has 0 aliphatic rings. The summed E-state index contributed by atoms with van der Waals surface area (Å²) in [5, 5.41) is 3.37. The normalized spacial score (nSPS) is 12.5. The van der Waals surface area contributed by atoms with Crippen LogP contribution in [0, 0.1) is 6.92 Å². The molecule has 0 aliphatic carbocycles. The van der Waals surface area contributed by atoms with Gasteiger partial charge in [0, 0.05) is 11.1 Å².